The topological polar surface area (TPSA) is 76.6 Å². The van der Waals surface area contributed by atoms with Crippen LogP contribution in [0.1, 0.15) is 50.9 Å². The average molecular weight is 332 g/mol. The van der Waals surface area contributed by atoms with Gasteiger partial charge in [-0.3, -0.25) is 14.6 Å². The van der Waals surface area contributed by atoms with E-state index < -0.39 is 23.5 Å². The van der Waals surface area contributed by atoms with Crippen molar-refractivity contribution in [2.24, 2.45) is 5.92 Å². The Balaban J connectivity index is 2.10. The van der Waals surface area contributed by atoms with E-state index in [4.69, 9.17) is 4.74 Å². The molecule has 24 heavy (non-hydrogen) atoms. The summed E-state index contributed by atoms with van der Waals surface area (Å²) in [5, 5.41) is 0. The highest BCUT2D eigenvalue weighted by molar-refractivity contribution is 6.01. The second-order valence-corrected chi connectivity index (χ2v) is 7.01. The lowest BCUT2D eigenvalue weighted by atomic mass is 9.98. The van der Waals surface area contributed by atoms with Gasteiger partial charge in [0.1, 0.15) is 11.6 Å². The van der Waals surface area contributed by atoms with Crippen LogP contribution in [0.3, 0.4) is 0 Å². The van der Waals surface area contributed by atoms with Crippen LogP contribution in [-0.4, -0.2) is 45.7 Å². The van der Waals surface area contributed by atoms with Gasteiger partial charge in [0.2, 0.25) is 5.91 Å². The molecule has 6 heteroatoms. The van der Waals surface area contributed by atoms with E-state index >= 15 is 0 Å². The van der Waals surface area contributed by atoms with Crippen LogP contribution in [0.5, 0.6) is 0 Å². The molecule has 2 rings (SSSR count). The minimum Gasteiger partial charge on any atom is -0.458 e. The number of Topliss-reactive ketones (excluding diaryl/α,β-unsaturated/α-hetero) is 1. The molecule has 0 radical (unpaired) electrons. The van der Waals surface area contributed by atoms with Gasteiger partial charge in [0.25, 0.3) is 0 Å². The van der Waals surface area contributed by atoms with E-state index in [1.165, 1.54) is 11.1 Å². The molecule has 0 saturated carbocycles. The first-order valence-electron chi connectivity index (χ1n) is 8.19. The maximum atomic E-state index is 12.5. The number of nitrogens with zero attached hydrogens (tertiary/aromatic N) is 2. The van der Waals surface area contributed by atoms with Gasteiger partial charge in [-0.15, -0.1) is 0 Å². The molecule has 6 nitrogen and oxygen atoms in total. The van der Waals surface area contributed by atoms with Crippen molar-refractivity contribution in [2.75, 3.05) is 6.54 Å². The third-order valence-corrected chi connectivity index (χ3v) is 3.92. The highest BCUT2D eigenvalue weighted by Crippen LogP contribution is 2.26. The van der Waals surface area contributed by atoms with E-state index in [1.54, 1.807) is 39.1 Å². The number of pyridine rings is 1. The van der Waals surface area contributed by atoms with E-state index in [2.05, 4.69) is 4.98 Å². The molecule has 2 atom stereocenters. The number of hydrogen-bond donors (Lipinski definition) is 0. The Kier molecular flexibility index (Phi) is 5.36. The van der Waals surface area contributed by atoms with Crippen molar-refractivity contribution in [1.82, 2.24) is 9.88 Å². The molecule has 1 aromatic heterocycles. The van der Waals surface area contributed by atoms with Gasteiger partial charge in [-0.2, -0.15) is 0 Å². The molecule has 1 fully saturated rings. The summed E-state index contributed by atoms with van der Waals surface area (Å²) < 4.78 is 5.40. The lowest BCUT2D eigenvalue weighted by Crippen LogP contribution is -2.45. The number of aromatic nitrogens is 1. The third kappa shape index (κ3) is 4.19. The number of carbonyl (C=O) groups is 3. The fraction of sp³-hybridized carbons (Fsp3) is 0.556. The summed E-state index contributed by atoms with van der Waals surface area (Å²) in [7, 11) is 0. The molecule has 1 saturated heterocycles. The average Bonchev–Trinajstić information content (AvgIpc) is 2.88. The van der Waals surface area contributed by atoms with Gasteiger partial charge < -0.3 is 9.64 Å². The molecule has 1 amide bonds. The van der Waals surface area contributed by atoms with Crippen LogP contribution < -0.4 is 0 Å². The molecule has 0 aromatic carbocycles. The normalized spacial score (nSPS) is 19.2. The number of ketones is 1. The Hall–Kier alpha value is -2.24. The van der Waals surface area contributed by atoms with Crippen LogP contribution in [0.25, 0.3) is 0 Å². The van der Waals surface area contributed by atoms with Crippen LogP contribution in [-0.2, 0) is 14.3 Å². The van der Waals surface area contributed by atoms with Crippen molar-refractivity contribution in [1.29, 1.82) is 0 Å². The molecule has 0 aliphatic carbocycles. The molecule has 1 aliphatic heterocycles. The van der Waals surface area contributed by atoms with Crippen molar-refractivity contribution in [2.45, 2.75) is 52.2 Å². The van der Waals surface area contributed by atoms with E-state index in [-0.39, 0.29) is 24.7 Å². The van der Waals surface area contributed by atoms with Gasteiger partial charge in [0.05, 0.1) is 0 Å². The molecule has 2 heterocycles. The maximum Gasteiger partial charge on any atom is 0.329 e. The van der Waals surface area contributed by atoms with Gasteiger partial charge in [-0.05, 0) is 39.3 Å². The van der Waals surface area contributed by atoms with E-state index in [0.717, 1.165) is 0 Å². The second-order valence-electron chi connectivity index (χ2n) is 7.01. The van der Waals surface area contributed by atoms with Crippen LogP contribution in [0.4, 0.5) is 0 Å². The molecular formula is C18H24N2O4. The first kappa shape index (κ1) is 18.1. The smallest absolute Gasteiger partial charge is 0.329 e. The Morgan fingerprint density at radius 1 is 1.42 bits per heavy atom. The Morgan fingerprint density at radius 3 is 2.67 bits per heavy atom. The molecule has 0 N–H and O–H groups in total. The molecule has 2 unspecified atom stereocenters. The van der Waals surface area contributed by atoms with Crippen molar-refractivity contribution >= 4 is 17.7 Å². The summed E-state index contributed by atoms with van der Waals surface area (Å²) >= 11 is 0. The van der Waals surface area contributed by atoms with Crippen LogP contribution in [0.2, 0.25) is 0 Å². The zero-order chi connectivity index (χ0) is 17.9. The fourth-order valence-electron chi connectivity index (χ4n) is 2.84. The molecule has 1 aromatic rings. The quantitative estimate of drug-likeness (QED) is 0.610. The molecule has 1 aliphatic rings. The largest absolute Gasteiger partial charge is 0.458 e. The number of amides is 1. The fourth-order valence-corrected chi connectivity index (χ4v) is 2.84. The molecule has 0 bridgehead atoms. The van der Waals surface area contributed by atoms with E-state index in [9.17, 15) is 14.4 Å². The van der Waals surface area contributed by atoms with Crippen LogP contribution in [0, 0.1) is 5.92 Å². The summed E-state index contributed by atoms with van der Waals surface area (Å²) in [6.07, 6.45) is 3.67. The zero-order valence-corrected chi connectivity index (χ0v) is 14.6. The van der Waals surface area contributed by atoms with E-state index in [1.807, 2.05) is 6.92 Å². The standard InChI is InChI=1S/C18H24N2O4/c1-5-14(17(23)24-18(2,3)4)20-11-13(9-15(20)21)16(22)12-7-6-8-19-10-12/h6-8,10,13-14H,5,9,11H2,1-4H3. The summed E-state index contributed by atoms with van der Waals surface area (Å²) in [5.41, 5.74) is -0.124. The molecule has 0 spiro atoms. The summed E-state index contributed by atoms with van der Waals surface area (Å²) in [6, 6.07) is 2.73. The van der Waals surface area contributed by atoms with Crippen molar-refractivity contribution < 1.29 is 19.1 Å². The SMILES string of the molecule is CCC(C(=O)OC(C)(C)C)N1CC(C(=O)c2cccnc2)CC1=O. The lowest BCUT2D eigenvalue weighted by molar-refractivity contribution is -0.163. The number of ether oxygens (including phenoxy) is 1. The summed E-state index contributed by atoms with van der Waals surface area (Å²) in [4.78, 5) is 42.6. The number of esters is 1. The van der Waals surface area contributed by atoms with Crippen molar-refractivity contribution in [3.05, 3.63) is 30.1 Å². The molecule has 130 valence electrons. The zero-order valence-electron chi connectivity index (χ0n) is 14.6. The number of likely N-dealkylation sites (tertiary alicyclic amines) is 1. The number of rotatable bonds is 5. The number of carbonyl (C=O) groups excluding carboxylic acids is 3. The first-order chi connectivity index (χ1) is 11.2. The predicted octanol–water partition coefficient (Wildman–Crippen LogP) is 2.23. The predicted molar refractivity (Wildman–Crippen MR) is 88.3 cm³/mol. The van der Waals surface area contributed by atoms with Gasteiger partial charge in [-0.25, -0.2) is 4.79 Å². The van der Waals surface area contributed by atoms with Crippen LogP contribution >= 0.6 is 0 Å². The number of hydrogen-bond acceptors (Lipinski definition) is 5. The minimum atomic E-state index is -0.650. The third-order valence-electron chi connectivity index (χ3n) is 3.92. The highest BCUT2D eigenvalue weighted by atomic mass is 16.6. The van der Waals surface area contributed by atoms with Crippen molar-refractivity contribution in [3.63, 3.8) is 0 Å². The summed E-state index contributed by atoms with van der Waals surface area (Å²) in [5.74, 6) is -1.17. The van der Waals surface area contributed by atoms with E-state index in [0.29, 0.717) is 12.0 Å². The first-order valence-corrected chi connectivity index (χ1v) is 8.19. The van der Waals surface area contributed by atoms with Gasteiger partial charge in [-0.1, -0.05) is 6.92 Å². The Morgan fingerprint density at radius 2 is 2.12 bits per heavy atom. The maximum absolute atomic E-state index is 12.5. The monoisotopic (exact) mass is 332 g/mol. The Labute approximate surface area is 142 Å². The summed E-state index contributed by atoms with van der Waals surface area (Å²) in [6.45, 7) is 7.44. The van der Waals surface area contributed by atoms with Gasteiger partial charge in [0.15, 0.2) is 5.78 Å². The van der Waals surface area contributed by atoms with Gasteiger partial charge >= 0.3 is 5.97 Å². The molecular weight excluding hydrogens is 308 g/mol. The lowest BCUT2D eigenvalue weighted by Gasteiger charge is -2.29. The minimum absolute atomic E-state index is 0.113. The van der Waals surface area contributed by atoms with Gasteiger partial charge in [0, 0.05) is 36.8 Å². The highest BCUT2D eigenvalue weighted by Gasteiger charge is 2.41. The second kappa shape index (κ2) is 7.11. The van der Waals surface area contributed by atoms with Crippen LogP contribution in [0.15, 0.2) is 24.5 Å². The van der Waals surface area contributed by atoms with Crippen molar-refractivity contribution in [3.8, 4) is 0 Å². The Bertz CT molecular complexity index is 622.